The van der Waals surface area contributed by atoms with Gasteiger partial charge in [0, 0.05) is 49.9 Å². The molecule has 0 aliphatic rings. The topological polar surface area (TPSA) is 303 Å². The van der Waals surface area contributed by atoms with Gasteiger partial charge in [-0.25, -0.2) is 0 Å². The van der Waals surface area contributed by atoms with Gasteiger partial charge in [0.05, 0.1) is 0 Å². The van der Waals surface area contributed by atoms with Crippen molar-refractivity contribution in [3.8, 4) is 17.2 Å². The summed E-state index contributed by atoms with van der Waals surface area (Å²) in [4.78, 5) is 0. The average molecular weight is 820 g/mol. The van der Waals surface area contributed by atoms with Crippen LogP contribution in [0.5, 0.6) is 17.2 Å². The Hall–Kier alpha value is -2.77. The maximum Gasteiger partial charge on any atom is 3.00 e. The fourth-order valence-corrected chi connectivity index (χ4v) is 5.87. The molecular weight excluding hydrogens is 742 g/mol. The van der Waals surface area contributed by atoms with Crippen LogP contribution in [0.4, 0.5) is 0 Å². The quantitative estimate of drug-likeness (QED) is 0.140. The maximum atomic E-state index is 12.5. The van der Waals surface area contributed by atoms with E-state index in [1.165, 1.54) is 0 Å². The molecule has 0 aliphatic carbocycles. The molecule has 324 valence electrons. The van der Waals surface area contributed by atoms with Crippen LogP contribution in [-0.4, -0.2) is 17.4 Å². The summed E-state index contributed by atoms with van der Waals surface area (Å²) in [6.07, 6.45) is 0. The molecule has 3 aromatic carbocycles. The summed E-state index contributed by atoms with van der Waals surface area (Å²) in [5.41, 5.74) is 55.0. The summed E-state index contributed by atoms with van der Waals surface area (Å²) in [5, 5.41) is 37.6. The molecule has 0 bridgehead atoms. The van der Waals surface area contributed by atoms with Gasteiger partial charge in [-0.1, -0.05) is 53.6 Å². The van der Waals surface area contributed by atoms with Crippen molar-refractivity contribution in [3.05, 3.63) is 86.5 Å². The van der Waals surface area contributed by atoms with Gasteiger partial charge in [-0.3, -0.25) is 0 Å². The first-order chi connectivity index (χ1) is 24.7. The van der Waals surface area contributed by atoms with E-state index in [1.54, 1.807) is 36.4 Å². The van der Waals surface area contributed by atoms with Crippen molar-refractivity contribution in [3.63, 3.8) is 0 Å². The Morgan fingerprint density at radius 1 is 0.259 bits per heavy atom. The van der Waals surface area contributed by atoms with Crippen LogP contribution >= 0.6 is 0 Å². The molecule has 58 heavy (non-hydrogen) atoms. The average Bonchev–Trinajstić information content (AvgIpc) is 2.92. The summed E-state index contributed by atoms with van der Waals surface area (Å²) < 4.78 is 0. The molecule has 0 saturated carbocycles. The Morgan fingerprint density at radius 2 is 0.362 bits per heavy atom. The molecule has 12 nitrogen and oxygen atoms in total. The number of benzene rings is 3. The van der Waals surface area contributed by atoms with Crippen molar-refractivity contribution in [1.29, 1.82) is 0 Å². The maximum absolute atomic E-state index is 12.5. The first-order valence-electron chi connectivity index (χ1n) is 19.4. The van der Waals surface area contributed by atoms with Gasteiger partial charge in [0.2, 0.25) is 0 Å². The van der Waals surface area contributed by atoms with Gasteiger partial charge in [0.25, 0.3) is 0 Å². The second-order valence-corrected chi connectivity index (χ2v) is 21.2. The van der Waals surface area contributed by atoms with Crippen LogP contribution in [0.3, 0.4) is 0 Å². The molecule has 0 saturated heterocycles. The van der Waals surface area contributed by atoms with Crippen molar-refractivity contribution in [1.82, 2.24) is 0 Å². The van der Waals surface area contributed by atoms with E-state index >= 15 is 0 Å². The van der Waals surface area contributed by atoms with Crippen LogP contribution in [0.25, 0.3) is 0 Å². The van der Waals surface area contributed by atoms with E-state index in [0.29, 0.717) is 33.4 Å². The van der Waals surface area contributed by atoms with Crippen LogP contribution in [-0.2, 0) is 49.9 Å². The monoisotopic (exact) mass is 820 g/mol. The smallest absolute Gasteiger partial charge is 0.872 e. The van der Waals surface area contributed by atoms with Gasteiger partial charge in [0.1, 0.15) is 0 Å². The zero-order valence-electron chi connectivity index (χ0n) is 39.0. The minimum absolute atomic E-state index is 0. The molecule has 0 spiro atoms. The molecular formula is C45H78AlN9O3. The van der Waals surface area contributed by atoms with Crippen molar-refractivity contribution in [2.45, 2.75) is 174 Å². The Kier molecular flexibility index (Phi) is 16.8. The van der Waals surface area contributed by atoms with Gasteiger partial charge in [0.15, 0.2) is 0 Å². The molecule has 0 fully saturated rings. The molecule has 0 unspecified atom stereocenters. The number of hydrogen-bond acceptors (Lipinski definition) is 12. The molecule has 0 atom stereocenters. The summed E-state index contributed by atoms with van der Waals surface area (Å²) in [5.74, 6) is -0.269. The molecule has 0 radical (unpaired) electrons. The number of nitrogens with two attached hydrogens (primary N) is 9. The molecule has 3 rings (SSSR count). The van der Waals surface area contributed by atoms with E-state index in [1.807, 2.05) is 125 Å². The third-order valence-corrected chi connectivity index (χ3v) is 9.66. The van der Waals surface area contributed by atoms with Crippen molar-refractivity contribution in [2.75, 3.05) is 0 Å². The normalized spacial score (nSPS) is 13.5. The summed E-state index contributed by atoms with van der Waals surface area (Å²) in [6.45, 7) is 33.1. The largest absolute Gasteiger partial charge is 3.00 e. The van der Waals surface area contributed by atoms with E-state index in [0.717, 1.165) is 16.7 Å². The molecule has 0 aliphatic heterocycles. The minimum Gasteiger partial charge on any atom is -0.872 e. The van der Waals surface area contributed by atoms with E-state index in [-0.39, 0.29) is 34.6 Å². The summed E-state index contributed by atoms with van der Waals surface area (Å²) in [6, 6.07) is 10.8. The van der Waals surface area contributed by atoms with Crippen molar-refractivity contribution in [2.24, 2.45) is 51.6 Å². The van der Waals surface area contributed by atoms with E-state index < -0.39 is 49.9 Å². The van der Waals surface area contributed by atoms with Gasteiger partial charge in [-0.2, -0.15) is 0 Å². The third kappa shape index (κ3) is 14.7. The molecule has 13 heteroatoms. The Morgan fingerprint density at radius 3 is 0.431 bits per heavy atom. The summed E-state index contributed by atoms with van der Waals surface area (Å²) in [7, 11) is 0. The Balaban J connectivity index is 0.000000833. The van der Waals surface area contributed by atoms with Gasteiger partial charge in [-0.15, -0.1) is 0 Å². The van der Waals surface area contributed by atoms with Crippen LogP contribution in [0.2, 0.25) is 0 Å². The van der Waals surface area contributed by atoms with E-state index in [4.69, 9.17) is 51.6 Å². The number of rotatable bonds is 9. The van der Waals surface area contributed by atoms with Crippen LogP contribution in [0.1, 0.15) is 175 Å². The van der Waals surface area contributed by atoms with Crippen LogP contribution in [0.15, 0.2) is 36.4 Å². The fraction of sp³-hybridized carbons (Fsp3) is 0.600. The molecule has 18 N–H and O–H groups in total. The standard InChI is InChI=1S/3C15H27N3O.Al/c3*1-13(2,16)9-7-10(14(3,4)17)12(19)11(8-9)15(5,6)18;/h3*7-8,19H,16-18H2,1-6H3;/q;;;+3/p-3. The summed E-state index contributed by atoms with van der Waals surface area (Å²) >= 11 is 0. The Labute approximate surface area is 361 Å². The van der Waals surface area contributed by atoms with Crippen LogP contribution in [0, 0.1) is 0 Å². The first kappa shape index (κ1) is 55.2. The van der Waals surface area contributed by atoms with E-state index in [9.17, 15) is 15.3 Å². The molecule has 0 aromatic heterocycles. The van der Waals surface area contributed by atoms with Gasteiger partial charge >= 0.3 is 17.4 Å². The van der Waals surface area contributed by atoms with Crippen LogP contribution < -0.4 is 66.9 Å². The van der Waals surface area contributed by atoms with E-state index in [2.05, 4.69) is 0 Å². The van der Waals surface area contributed by atoms with Crippen molar-refractivity contribution >= 4 is 17.4 Å². The Bertz CT molecular complexity index is 1540. The predicted molar refractivity (Wildman–Crippen MR) is 238 cm³/mol. The number of hydrogen-bond donors (Lipinski definition) is 9. The van der Waals surface area contributed by atoms with Gasteiger partial charge < -0.3 is 66.9 Å². The van der Waals surface area contributed by atoms with Gasteiger partial charge in [-0.05, 0) is 175 Å². The molecule has 3 aromatic rings. The zero-order chi connectivity index (χ0) is 45.7. The first-order valence-corrected chi connectivity index (χ1v) is 19.4. The predicted octanol–water partition coefficient (Wildman–Crippen LogP) is 3.64. The second kappa shape index (κ2) is 17.7. The zero-order valence-corrected chi connectivity index (χ0v) is 40.1. The fourth-order valence-electron chi connectivity index (χ4n) is 5.87. The second-order valence-electron chi connectivity index (χ2n) is 21.2. The van der Waals surface area contributed by atoms with Crippen molar-refractivity contribution < 1.29 is 15.3 Å². The molecule has 0 amide bonds. The molecule has 0 heterocycles. The minimum atomic E-state index is -0.724. The SMILES string of the molecule is CC(C)(N)c1cc(C(C)(C)N)c([O-])c(C(C)(C)N)c1.CC(C)(N)c1cc(C(C)(C)N)c([O-])c(C(C)(C)N)c1.CC(C)(N)c1cc(C(C)(C)N)c([O-])c(C(C)(C)N)c1.[Al+3]. The third-order valence-electron chi connectivity index (χ3n) is 9.66.